The summed E-state index contributed by atoms with van der Waals surface area (Å²) < 4.78 is 0. The van der Waals surface area contributed by atoms with Crippen molar-refractivity contribution in [1.29, 1.82) is 0 Å². The second kappa shape index (κ2) is 10.2. The smallest absolute Gasteiger partial charge is 0.180 e. The van der Waals surface area contributed by atoms with Gasteiger partial charge in [0.15, 0.2) is 6.29 Å². The van der Waals surface area contributed by atoms with Crippen LogP contribution in [0.3, 0.4) is 0 Å². The van der Waals surface area contributed by atoms with Gasteiger partial charge in [-0.15, -0.1) is 0 Å². The molecule has 6 heteroatoms. The molecule has 2 radical (unpaired) electrons. The molecule has 4 nitrogen and oxygen atoms in total. The van der Waals surface area contributed by atoms with Crippen LogP contribution < -0.4 is 0 Å². The van der Waals surface area contributed by atoms with Gasteiger partial charge in [-0.1, -0.05) is 13.8 Å². The summed E-state index contributed by atoms with van der Waals surface area (Å²) in [6, 6.07) is 0. The van der Waals surface area contributed by atoms with Crippen LogP contribution in [0.1, 0.15) is 13.8 Å². The second-order valence-corrected chi connectivity index (χ2v) is 2.64. The maximum absolute atomic E-state index is 9.00. The first-order chi connectivity index (χ1) is 4.46. The molecule has 0 fully saturated rings. The molecule has 68 valence electrons. The summed E-state index contributed by atoms with van der Waals surface area (Å²) in [5.41, 5.74) is 0. The van der Waals surface area contributed by atoms with E-state index in [1.807, 2.05) is 0 Å². The Kier molecular flexibility index (Phi) is 17.2. The molecule has 0 aliphatic heterocycles. The van der Waals surface area contributed by atoms with Gasteiger partial charge in [-0.05, 0) is 5.92 Å². The van der Waals surface area contributed by atoms with Crippen molar-refractivity contribution in [2.24, 2.45) is 5.92 Å². The number of rotatable bonds is 3. The van der Waals surface area contributed by atoms with E-state index in [1.165, 1.54) is 0 Å². The van der Waals surface area contributed by atoms with Crippen molar-refractivity contribution in [3.63, 3.8) is 0 Å². The first kappa shape index (κ1) is 20.2. The Labute approximate surface area is 144 Å². The predicted octanol–water partition coefficient (Wildman–Crippen LogP) is -1.33. The van der Waals surface area contributed by atoms with Gasteiger partial charge in [0.2, 0.25) is 0 Å². The van der Waals surface area contributed by atoms with Crippen LogP contribution in [-0.2, 0) is 0 Å². The molecule has 0 saturated heterocycles. The SMILES string of the molecule is CC(C)C(O)C(O)C(O)O.[Ac].[Ac]. The van der Waals surface area contributed by atoms with Gasteiger partial charge in [-0.2, -0.15) is 0 Å². The minimum atomic E-state index is -1.86. The molecule has 2 atom stereocenters. The third-order valence-corrected chi connectivity index (χ3v) is 1.34. The Hall–Kier alpha value is 2.72. The molecule has 0 spiro atoms. The van der Waals surface area contributed by atoms with E-state index < -0.39 is 18.5 Å². The van der Waals surface area contributed by atoms with E-state index in [0.29, 0.717) is 0 Å². The van der Waals surface area contributed by atoms with Crippen molar-refractivity contribution >= 4 is 0 Å². The molecule has 0 amide bonds. The Bertz CT molecular complexity index is 87.5. The van der Waals surface area contributed by atoms with Crippen molar-refractivity contribution < 1.29 is 109 Å². The molecule has 0 saturated carbocycles. The van der Waals surface area contributed by atoms with Gasteiger partial charge in [0.05, 0.1) is 6.10 Å². The van der Waals surface area contributed by atoms with Crippen molar-refractivity contribution in [2.75, 3.05) is 0 Å². The summed E-state index contributed by atoms with van der Waals surface area (Å²) in [5, 5.41) is 34.6. The zero-order chi connectivity index (χ0) is 8.31. The van der Waals surface area contributed by atoms with Crippen LogP contribution in [0.15, 0.2) is 0 Å². The van der Waals surface area contributed by atoms with E-state index >= 15 is 0 Å². The zero-order valence-corrected chi connectivity index (χ0v) is 16.7. The molecule has 0 aliphatic rings. The van der Waals surface area contributed by atoms with Gasteiger partial charge < -0.3 is 20.4 Å². The number of hydrogen-bond donors (Lipinski definition) is 4. The Balaban J connectivity index is -0.000000405. The first-order valence-electron chi connectivity index (χ1n) is 3.19. The maximum atomic E-state index is 9.00. The normalized spacial score (nSPS) is 15.0. The Morgan fingerprint density at radius 3 is 1.17 bits per heavy atom. The summed E-state index contributed by atoms with van der Waals surface area (Å²) in [6.45, 7) is 3.35. The van der Waals surface area contributed by atoms with E-state index in [4.69, 9.17) is 20.4 Å². The topological polar surface area (TPSA) is 80.9 Å². The van der Waals surface area contributed by atoms with Gasteiger partial charge >= 0.3 is 0 Å². The van der Waals surface area contributed by atoms with Gasteiger partial charge in [-0.3, -0.25) is 0 Å². The van der Waals surface area contributed by atoms with Crippen molar-refractivity contribution in [3.05, 3.63) is 0 Å². The van der Waals surface area contributed by atoms with Crippen LogP contribution in [-0.4, -0.2) is 38.9 Å². The number of hydrogen-bond acceptors (Lipinski definition) is 4. The minimum Gasteiger partial charge on any atom is -0.390 e. The van der Waals surface area contributed by atoms with E-state index in [1.54, 1.807) is 13.8 Å². The van der Waals surface area contributed by atoms with Gasteiger partial charge in [-0.25, -0.2) is 0 Å². The molecule has 4 N–H and O–H groups in total. The third kappa shape index (κ3) is 8.07. The minimum absolute atomic E-state index is 0. The standard InChI is InChI=1S/C6H14O4.2Ac/c1-3(2)4(7)5(8)6(9)10;;/h3-10H,1-2H3;;. The average Bonchev–Trinajstić information content (AvgIpc) is 1.84. The van der Waals surface area contributed by atoms with Crippen molar-refractivity contribution in [2.45, 2.75) is 32.3 Å². The molecule has 0 aromatic carbocycles. The fraction of sp³-hybridized carbons (Fsp3) is 1.00. The molecule has 2 unspecified atom stereocenters. The van der Waals surface area contributed by atoms with Gasteiger partial charge in [0.1, 0.15) is 6.10 Å². The summed E-state index contributed by atoms with van der Waals surface area (Å²) in [4.78, 5) is 0. The van der Waals surface area contributed by atoms with E-state index in [-0.39, 0.29) is 94.0 Å². The number of aliphatic hydroxyl groups excluding tert-OH is 3. The Morgan fingerprint density at radius 1 is 0.750 bits per heavy atom. The fourth-order valence-electron chi connectivity index (χ4n) is 0.571. The van der Waals surface area contributed by atoms with Crippen LogP contribution in [0.5, 0.6) is 0 Å². The monoisotopic (exact) mass is 604 g/mol. The van der Waals surface area contributed by atoms with Gasteiger partial charge in [0.25, 0.3) is 0 Å². The molecule has 0 aromatic heterocycles. The van der Waals surface area contributed by atoms with Crippen LogP contribution in [0.4, 0.5) is 0 Å². The van der Waals surface area contributed by atoms with E-state index in [9.17, 15) is 0 Å². The van der Waals surface area contributed by atoms with Crippen LogP contribution in [0.25, 0.3) is 0 Å². The van der Waals surface area contributed by atoms with E-state index in [2.05, 4.69) is 0 Å². The summed E-state index contributed by atoms with van der Waals surface area (Å²) in [6.07, 6.45) is -4.42. The second-order valence-electron chi connectivity index (χ2n) is 2.64. The maximum Gasteiger partial charge on any atom is 0.180 e. The van der Waals surface area contributed by atoms with Crippen molar-refractivity contribution in [1.82, 2.24) is 0 Å². The van der Waals surface area contributed by atoms with E-state index in [0.717, 1.165) is 0 Å². The predicted molar refractivity (Wildman–Crippen MR) is 35.1 cm³/mol. The molecule has 0 rings (SSSR count). The fourth-order valence-corrected chi connectivity index (χ4v) is 0.571. The summed E-state index contributed by atoms with van der Waals surface area (Å²) >= 11 is 0. The third-order valence-electron chi connectivity index (χ3n) is 1.34. The molecule has 0 aromatic rings. The summed E-state index contributed by atoms with van der Waals surface area (Å²) in [7, 11) is 0. The molecular weight excluding hydrogens is 590 g/mol. The van der Waals surface area contributed by atoms with Crippen LogP contribution >= 0.6 is 0 Å². The average molecular weight is 604 g/mol. The molecule has 12 heavy (non-hydrogen) atoms. The summed E-state index contributed by atoms with van der Waals surface area (Å²) in [5.74, 6) is -0.184. The molecule has 0 bridgehead atoms. The van der Waals surface area contributed by atoms with Gasteiger partial charge in [0, 0.05) is 88.1 Å². The molecule has 0 heterocycles. The Morgan fingerprint density at radius 2 is 1.08 bits per heavy atom. The van der Waals surface area contributed by atoms with Crippen LogP contribution in [0.2, 0.25) is 0 Å². The zero-order valence-electron chi connectivity index (χ0n) is 7.25. The quantitative estimate of drug-likeness (QED) is 0.302. The molecular formula is C6H14Ac2O4. The molecule has 0 aliphatic carbocycles. The van der Waals surface area contributed by atoms with Crippen LogP contribution in [0, 0.1) is 94.0 Å². The first-order valence-corrected chi connectivity index (χ1v) is 3.19. The largest absolute Gasteiger partial charge is 0.390 e. The van der Waals surface area contributed by atoms with Crippen molar-refractivity contribution in [3.8, 4) is 0 Å². The number of aliphatic hydroxyl groups is 4.